The average molecular weight is 365 g/mol. The predicted molar refractivity (Wildman–Crippen MR) is 86.2 cm³/mol. The van der Waals surface area contributed by atoms with E-state index in [1.165, 1.54) is 0 Å². The molecule has 9 heteroatoms. The number of nitro benzene ring substituents is 1. The fourth-order valence-corrected chi connectivity index (χ4v) is 3.36. The van der Waals surface area contributed by atoms with E-state index in [0.29, 0.717) is 0 Å². The zero-order valence-corrected chi connectivity index (χ0v) is 13.8. The minimum absolute atomic E-state index is 0.0474. The van der Waals surface area contributed by atoms with Crippen LogP contribution in [0.4, 0.5) is 5.69 Å². The van der Waals surface area contributed by atoms with Crippen molar-refractivity contribution in [2.24, 2.45) is 0 Å². The molecule has 0 amide bonds. The van der Waals surface area contributed by atoms with Crippen LogP contribution in [0.2, 0.25) is 0 Å². The number of non-ortho nitro benzene ring substituents is 1. The number of hydrogen-bond acceptors (Lipinski definition) is 7. The molecule has 132 valence electrons. The van der Waals surface area contributed by atoms with Crippen LogP contribution in [0.15, 0.2) is 59.5 Å². The number of ether oxygens (including phenoxy) is 2. The van der Waals surface area contributed by atoms with Crippen molar-refractivity contribution in [3.05, 3.63) is 70.3 Å². The fourth-order valence-electron chi connectivity index (χ4n) is 2.31. The topological polar surface area (TPSA) is 105 Å². The highest BCUT2D eigenvalue weighted by Gasteiger charge is 2.29. The molecule has 1 aliphatic heterocycles. The van der Waals surface area contributed by atoms with Crippen molar-refractivity contribution in [3.8, 4) is 0 Å². The van der Waals surface area contributed by atoms with Gasteiger partial charge in [0.1, 0.15) is 6.10 Å². The maximum Gasteiger partial charge on any atom is 0.297 e. The highest BCUT2D eigenvalue weighted by molar-refractivity contribution is 7.86. The Morgan fingerprint density at radius 3 is 2.16 bits per heavy atom. The third-order valence-electron chi connectivity index (χ3n) is 3.54. The van der Waals surface area contributed by atoms with Crippen LogP contribution >= 0.6 is 0 Å². The van der Waals surface area contributed by atoms with Crippen LogP contribution < -0.4 is 0 Å². The monoisotopic (exact) mass is 365 g/mol. The van der Waals surface area contributed by atoms with E-state index in [0.717, 1.165) is 29.8 Å². The summed E-state index contributed by atoms with van der Waals surface area (Å²) in [7, 11) is -4.07. The third-order valence-corrected chi connectivity index (χ3v) is 4.91. The first-order chi connectivity index (χ1) is 12.0. The third kappa shape index (κ3) is 4.20. The molecule has 0 N–H and O–H groups in total. The lowest BCUT2D eigenvalue weighted by atomic mass is 10.2. The molecule has 8 nitrogen and oxygen atoms in total. The van der Waals surface area contributed by atoms with E-state index < -0.39 is 27.4 Å². The minimum Gasteiger partial charge on any atom is -0.346 e. The molecule has 0 aromatic heterocycles. The standard InChI is InChI=1S/C16H15NO7S/c18-17(19)13-6-8-15(9-7-13)25(20,21)24-14-10-22-16(23-11-14)12-4-2-1-3-5-12/h1-9,14,16H,10-11H2. The van der Waals surface area contributed by atoms with Gasteiger partial charge in [-0.15, -0.1) is 0 Å². The molecular weight excluding hydrogens is 350 g/mol. The van der Waals surface area contributed by atoms with Crippen molar-refractivity contribution >= 4 is 15.8 Å². The Bertz CT molecular complexity index is 829. The molecule has 1 aliphatic rings. The summed E-state index contributed by atoms with van der Waals surface area (Å²) in [6, 6.07) is 13.7. The number of rotatable bonds is 5. The van der Waals surface area contributed by atoms with Gasteiger partial charge < -0.3 is 9.47 Å². The number of nitrogens with zero attached hydrogens (tertiary/aromatic N) is 1. The zero-order chi connectivity index (χ0) is 17.9. The van der Waals surface area contributed by atoms with Crippen molar-refractivity contribution in [2.75, 3.05) is 13.2 Å². The van der Waals surface area contributed by atoms with E-state index in [1.807, 2.05) is 30.3 Å². The van der Waals surface area contributed by atoms with Crippen LogP contribution in [-0.4, -0.2) is 32.7 Å². The Morgan fingerprint density at radius 2 is 1.60 bits per heavy atom. The molecule has 1 fully saturated rings. The minimum atomic E-state index is -4.07. The highest BCUT2D eigenvalue weighted by atomic mass is 32.2. The number of nitro groups is 1. The zero-order valence-electron chi connectivity index (χ0n) is 13.0. The van der Waals surface area contributed by atoms with Gasteiger partial charge in [-0.1, -0.05) is 30.3 Å². The van der Waals surface area contributed by atoms with Crippen LogP contribution in [-0.2, 0) is 23.8 Å². The molecule has 2 aromatic carbocycles. The summed E-state index contributed by atoms with van der Waals surface area (Å²) >= 11 is 0. The normalized spacial score (nSPS) is 21.0. The molecule has 1 heterocycles. The van der Waals surface area contributed by atoms with E-state index in [1.54, 1.807) is 0 Å². The van der Waals surface area contributed by atoms with Gasteiger partial charge in [0.15, 0.2) is 6.29 Å². The van der Waals surface area contributed by atoms with Crippen molar-refractivity contribution in [2.45, 2.75) is 17.3 Å². The SMILES string of the molecule is O=[N+]([O-])c1ccc(S(=O)(=O)OC2COC(c3ccccc3)OC2)cc1. The second-order valence-electron chi connectivity index (χ2n) is 5.33. The van der Waals surface area contributed by atoms with Gasteiger partial charge in [-0.25, -0.2) is 0 Å². The lowest BCUT2D eigenvalue weighted by Gasteiger charge is -2.29. The average Bonchev–Trinajstić information content (AvgIpc) is 2.63. The van der Waals surface area contributed by atoms with Gasteiger partial charge in [0.2, 0.25) is 0 Å². The van der Waals surface area contributed by atoms with E-state index in [4.69, 9.17) is 13.7 Å². The van der Waals surface area contributed by atoms with Crippen molar-refractivity contribution in [1.82, 2.24) is 0 Å². The molecular formula is C16H15NO7S. The van der Waals surface area contributed by atoms with Gasteiger partial charge in [-0.2, -0.15) is 8.42 Å². The van der Waals surface area contributed by atoms with Crippen molar-refractivity contribution in [3.63, 3.8) is 0 Å². The van der Waals surface area contributed by atoms with Gasteiger partial charge in [-0.05, 0) is 12.1 Å². The quantitative estimate of drug-likeness (QED) is 0.455. The van der Waals surface area contributed by atoms with Crippen LogP contribution in [0.5, 0.6) is 0 Å². The predicted octanol–water partition coefficient (Wildman–Crippen LogP) is 2.41. The first kappa shape index (κ1) is 17.5. The maximum absolute atomic E-state index is 12.2. The summed E-state index contributed by atoms with van der Waals surface area (Å²) in [5, 5.41) is 10.6. The molecule has 25 heavy (non-hydrogen) atoms. The van der Waals surface area contributed by atoms with E-state index in [9.17, 15) is 18.5 Å². The summed E-state index contributed by atoms with van der Waals surface area (Å²) in [5.74, 6) is 0. The number of hydrogen-bond donors (Lipinski definition) is 0. The molecule has 3 rings (SSSR count). The Balaban J connectivity index is 1.61. The molecule has 0 radical (unpaired) electrons. The molecule has 0 bridgehead atoms. The van der Waals surface area contributed by atoms with Gasteiger partial charge in [-0.3, -0.25) is 14.3 Å². The van der Waals surface area contributed by atoms with Crippen molar-refractivity contribution in [1.29, 1.82) is 0 Å². The summed E-state index contributed by atoms with van der Waals surface area (Å²) < 4.78 is 40.6. The largest absolute Gasteiger partial charge is 0.346 e. The van der Waals surface area contributed by atoms with Gasteiger partial charge >= 0.3 is 0 Å². The van der Waals surface area contributed by atoms with Gasteiger partial charge in [0, 0.05) is 17.7 Å². The molecule has 0 aliphatic carbocycles. The summed E-state index contributed by atoms with van der Waals surface area (Å²) in [5.41, 5.74) is 0.633. The smallest absolute Gasteiger partial charge is 0.297 e. The second-order valence-corrected chi connectivity index (χ2v) is 6.90. The lowest BCUT2D eigenvalue weighted by Crippen LogP contribution is -2.35. The van der Waals surface area contributed by atoms with Crippen LogP contribution in [0.25, 0.3) is 0 Å². The van der Waals surface area contributed by atoms with E-state index >= 15 is 0 Å². The maximum atomic E-state index is 12.2. The highest BCUT2D eigenvalue weighted by Crippen LogP contribution is 2.25. The fraction of sp³-hybridized carbons (Fsp3) is 0.250. The Morgan fingerprint density at radius 1 is 1.00 bits per heavy atom. The summed E-state index contributed by atoms with van der Waals surface area (Å²) in [4.78, 5) is 9.85. The van der Waals surface area contributed by atoms with E-state index in [-0.39, 0.29) is 23.8 Å². The molecule has 0 atom stereocenters. The van der Waals surface area contributed by atoms with E-state index in [2.05, 4.69) is 0 Å². The van der Waals surface area contributed by atoms with Crippen molar-refractivity contribution < 1.29 is 27.0 Å². The summed E-state index contributed by atoms with van der Waals surface area (Å²) in [6.07, 6.45) is -1.36. The number of benzene rings is 2. The summed E-state index contributed by atoms with van der Waals surface area (Å²) in [6.45, 7) is 0.0948. The molecule has 0 spiro atoms. The first-order valence-electron chi connectivity index (χ1n) is 7.41. The van der Waals surface area contributed by atoms with Gasteiger partial charge in [0.25, 0.3) is 15.8 Å². The van der Waals surface area contributed by atoms with Gasteiger partial charge in [0.05, 0.1) is 23.0 Å². The second kappa shape index (κ2) is 7.28. The van der Waals surface area contributed by atoms with Crippen LogP contribution in [0.1, 0.15) is 11.9 Å². The van der Waals surface area contributed by atoms with Crippen LogP contribution in [0, 0.1) is 10.1 Å². The Kier molecular flexibility index (Phi) is 5.09. The molecule has 0 unspecified atom stereocenters. The molecule has 1 saturated heterocycles. The first-order valence-corrected chi connectivity index (χ1v) is 8.82. The lowest BCUT2D eigenvalue weighted by molar-refractivity contribution is -0.384. The Labute approximate surface area is 144 Å². The molecule has 0 saturated carbocycles. The Hall–Kier alpha value is -2.33. The molecule has 2 aromatic rings. The van der Waals surface area contributed by atoms with Crippen LogP contribution in [0.3, 0.4) is 0 Å².